The summed E-state index contributed by atoms with van der Waals surface area (Å²) in [7, 11) is 2.02. The Hall–Kier alpha value is -1.89. The Balaban J connectivity index is 2.15. The molecule has 2 rings (SSSR count). The molecule has 74 valence electrons. The zero-order chi connectivity index (χ0) is 10.5. The number of benzene rings is 1. The number of nitrogens with zero attached hydrogens (tertiary/aromatic N) is 1. The van der Waals surface area contributed by atoms with Crippen LogP contribution in [0.4, 0.5) is 0 Å². The summed E-state index contributed by atoms with van der Waals surface area (Å²) in [4.78, 5) is 0. The zero-order valence-corrected chi connectivity index (χ0v) is 8.80. The Morgan fingerprint density at radius 2 is 1.33 bits per heavy atom. The molecule has 0 aliphatic carbocycles. The normalized spacial score (nSPS) is 10.7. The van der Waals surface area contributed by atoms with E-state index in [1.165, 1.54) is 11.1 Å². The molecule has 0 aliphatic heterocycles. The van der Waals surface area contributed by atoms with Crippen LogP contribution in [0.3, 0.4) is 0 Å². The number of hydrogen-bond acceptors (Lipinski definition) is 0. The van der Waals surface area contributed by atoms with Crippen LogP contribution < -0.4 is 4.57 Å². The maximum Gasteiger partial charge on any atom is 0.169 e. The number of aryl methyl sites for hydroxylation is 1. The van der Waals surface area contributed by atoms with E-state index in [4.69, 9.17) is 0 Å². The van der Waals surface area contributed by atoms with Gasteiger partial charge < -0.3 is 0 Å². The van der Waals surface area contributed by atoms with Gasteiger partial charge in [0.25, 0.3) is 0 Å². The average molecular weight is 196 g/mol. The second kappa shape index (κ2) is 4.56. The minimum atomic E-state index is 1.22. The standard InChI is InChI=1S/C14H14N/c1-15-11-9-14(10-12-15)8-7-13-5-3-2-4-6-13/h2-12H,1H3/q+1/b8-7-. The van der Waals surface area contributed by atoms with Gasteiger partial charge in [-0.3, -0.25) is 0 Å². The van der Waals surface area contributed by atoms with Gasteiger partial charge in [0.1, 0.15) is 7.05 Å². The third-order valence-electron chi connectivity index (χ3n) is 2.27. The lowest BCUT2D eigenvalue weighted by atomic mass is 10.1. The van der Waals surface area contributed by atoms with Crippen LogP contribution in [0.2, 0.25) is 0 Å². The first kappa shape index (κ1) is 9.66. The topological polar surface area (TPSA) is 3.88 Å². The predicted molar refractivity (Wildman–Crippen MR) is 63.0 cm³/mol. The Labute approximate surface area is 90.3 Å². The molecule has 2 aromatic rings. The number of hydrogen-bond donors (Lipinski definition) is 0. The van der Waals surface area contributed by atoms with Crippen LogP contribution in [0.5, 0.6) is 0 Å². The zero-order valence-electron chi connectivity index (χ0n) is 8.80. The molecule has 0 radical (unpaired) electrons. The van der Waals surface area contributed by atoms with Crippen molar-refractivity contribution in [1.29, 1.82) is 0 Å². The van der Waals surface area contributed by atoms with Gasteiger partial charge >= 0.3 is 0 Å². The monoisotopic (exact) mass is 196 g/mol. The van der Waals surface area contributed by atoms with E-state index in [0.717, 1.165) is 0 Å². The van der Waals surface area contributed by atoms with Crippen molar-refractivity contribution in [2.45, 2.75) is 0 Å². The van der Waals surface area contributed by atoms with E-state index in [2.05, 4.69) is 36.4 Å². The second-order valence-electron chi connectivity index (χ2n) is 3.54. The van der Waals surface area contributed by atoms with Gasteiger partial charge in [-0.25, -0.2) is 4.57 Å². The molecular formula is C14H14N+. The van der Waals surface area contributed by atoms with Crippen molar-refractivity contribution in [3.63, 3.8) is 0 Å². The molecule has 0 aliphatic rings. The van der Waals surface area contributed by atoms with E-state index in [-0.39, 0.29) is 0 Å². The highest BCUT2D eigenvalue weighted by Gasteiger charge is 1.90. The molecule has 1 aromatic heterocycles. The molecule has 0 atom stereocenters. The molecule has 0 saturated heterocycles. The van der Waals surface area contributed by atoms with Crippen molar-refractivity contribution >= 4 is 12.2 Å². The Morgan fingerprint density at radius 1 is 0.800 bits per heavy atom. The molecule has 0 bridgehead atoms. The van der Waals surface area contributed by atoms with Crippen LogP contribution in [0.1, 0.15) is 11.1 Å². The first-order chi connectivity index (χ1) is 7.34. The highest BCUT2D eigenvalue weighted by Crippen LogP contribution is 2.05. The molecule has 1 heterocycles. The lowest BCUT2D eigenvalue weighted by Gasteiger charge is -1.92. The van der Waals surface area contributed by atoms with Crippen molar-refractivity contribution in [3.05, 3.63) is 66.0 Å². The molecule has 0 unspecified atom stereocenters. The SMILES string of the molecule is C[n+]1ccc(/C=C\c2ccccc2)cc1. The third-order valence-corrected chi connectivity index (χ3v) is 2.27. The predicted octanol–water partition coefficient (Wildman–Crippen LogP) is 2.68. The molecule has 0 spiro atoms. The summed E-state index contributed by atoms with van der Waals surface area (Å²) in [5.74, 6) is 0. The van der Waals surface area contributed by atoms with Gasteiger partial charge in [0.05, 0.1) is 0 Å². The fourth-order valence-electron chi connectivity index (χ4n) is 1.38. The summed E-state index contributed by atoms with van der Waals surface area (Å²) in [5, 5.41) is 0. The van der Waals surface area contributed by atoms with Crippen molar-refractivity contribution in [3.8, 4) is 0 Å². The van der Waals surface area contributed by atoms with E-state index >= 15 is 0 Å². The average Bonchev–Trinajstić information content (AvgIpc) is 2.30. The minimum absolute atomic E-state index is 1.22. The molecule has 0 fully saturated rings. The van der Waals surface area contributed by atoms with Gasteiger partial charge in [-0.15, -0.1) is 0 Å². The number of pyridine rings is 1. The summed E-state index contributed by atoms with van der Waals surface area (Å²) >= 11 is 0. The van der Waals surface area contributed by atoms with Gasteiger partial charge in [-0.05, 0) is 11.1 Å². The third kappa shape index (κ3) is 2.78. The highest BCUT2D eigenvalue weighted by molar-refractivity contribution is 5.68. The Morgan fingerprint density at radius 3 is 1.93 bits per heavy atom. The van der Waals surface area contributed by atoms with Crippen LogP contribution in [-0.4, -0.2) is 0 Å². The van der Waals surface area contributed by atoms with Crippen LogP contribution in [0, 0.1) is 0 Å². The Kier molecular flexibility index (Phi) is 2.93. The van der Waals surface area contributed by atoms with E-state index in [9.17, 15) is 0 Å². The minimum Gasteiger partial charge on any atom is -0.208 e. The van der Waals surface area contributed by atoms with E-state index in [0.29, 0.717) is 0 Å². The fraction of sp³-hybridized carbons (Fsp3) is 0.0714. The maximum absolute atomic E-state index is 2.12. The van der Waals surface area contributed by atoms with E-state index in [1.54, 1.807) is 0 Å². The lowest BCUT2D eigenvalue weighted by molar-refractivity contribution is -0.671. The molecule has 1 aromatic carbocycles. The van der Waals surface area contributed by atoms with E-state index in [1.807, 2.05) is 42.2 Å². The summed E-state index contributed by atoms with van der Waals surface area (Å²) < 4.78 is 2.03. The summed E-state index contributed by atoms with van der Waals surface area (Å²) in [5.41, 5.74) is 2.45. The van der Waals surface area contributed by atoms with Gasteiger partial charge in [0.2, 0.25) is 0 Å². The van der Waals surface area contributed by atoms with Crippen LogP contribution in [0.25, 0.3) is 12.2 Å². The van der Waals surface area contributed by atoms with Crippen molar-refractivity contribution in [2.24, 2.45) is 7.05 Å². The summed E-state index contributed by atoms with van der Waals surface area (Å²) in [6.45, 7) is 0. The number of aromatic nitrogens is 1. The second-order valence-corrected chi connectivity index (χ2v) is 3.54. The van der Waals surface area contributed by atoms with Crippen molar-refractivity contribution < 1.29 is 4.57 Å². The van der Waals surface area contributed by atoms with Gasteiger partial charge in [-0.1, -0.05) is 42.5 Å². The van der Waals surface area contributed by atoms with Gasteiger partial charge in [0.15, 0.2) is 12.4 Å². The van der Waals surface area contributed by atoms with Gasteiger partial charge in [0, 0.05) is 12.1 Å². The van der Waals surface area contributed by atoms with Crippen LogP contribution in [-0.2, 0) is 7.05 Å². The molecule has 0 amide bonds. The fourth-order valence-corrected chi connectivity index (χ4v) is 1.38. The highest BCUT2D eigenvalue weighted by atomic mass is 14.9. The smallest absolute Gasteiger partial charge is 0.169 e. The van der Waals surface area contributed by atoms with Crippen LogP contribution in [0.15, 0.2) is 54.9 Å². The quantitative estimate of drug-likeness (QED) is 0.650. The first-order valence-electron chi connectivity index (χ1n) is 5.03. The molecule has 1 heteroatoms. The lowest BCUT2D eigenvalue weighted by Crippen LogP contribution is -2.25. The van der Waals surface area contributed by atoms with Crippen molar-refractivity contribution in [1.82, 2.24) is 0 Å². The van der Waals surface area contributed by atoms with Gasteiger partial charge in [-0.2, -0.15) is 0 Å². The van der Waals surface area contributed by atoms with Crippen molar-refractivity contribution in [2.75, 3.05) is 0 Å². The first-order valence-corrected chi connectivity index (χ1v) is 5.03. The summed E-state index contributed by atoms with van der Waals surface area (Å²) in [6.07, 6.45) is 8.33. The molecule has 15 heavy (non-hydrogen) atoms. The molecule has 0 N–H and O–H groups in total. The van der Waals surface area contributed by atoms with Crippen LogP contribution >= 0.6 is 0 Å². The largest absolute Gasteiger partial charge is 0.208 e. The maximum atomic E-state index is 2.12. The molecular weight excluding hydrogens is 182 g/mol. The molecule has 1 nitrogen and oxygen atoms in total. The summed E-state index contributed by atoms with van der Waals surface area (Å²) in [6, 6.07) is 14.5. The molecule has 0 saturated carbocycles. The van der Waals surface area contributed by atoms with E-state index < -0.39 is 0 Å². The number of rotatable bonds is 2. The Bertz CT molecular complexity index is 441.